The maximum atomic E-state index is 16.1. The summed E-state index contributed by atoms with van der Waals surface area (Å²) >= 11 is 0. The number of aromatic amines is 1. The van der Waals surface area contributed by atoms with Gasteiger partial charge in [-0.25, -0.2) is 18.8 Å². The summed E-state index contributed by atoms with van der Waals surface area (Å²) in [5.74, 6) is -1.49. The monoisotopic (exact) mass is 468 g/mol. The Morgan fingerprint density at radius 3 is 2.18 bits per heavy atom. The number of nitrogens with zero attached hydrogens (tertiary/aromatic N) is 1. The lowest BCUT2D eigenvalue weighted by molar-refractivity contribution is -0.0649. The van der Waals surface area contributed by atoms with E-state index >= 15 is 4.39 Å². The Bertz CT molecular complexity index is 1290. The van der Waals surface area contributed by atoms with E-state index in [1.54, 1.807) is 48.5 Å². The van der Waals surface area contributed by atoms with Crippen LogP contribution >= 0.6 is 0 Å². The van der Waals surface area contributed by atoms with Crippen molar-refractivity contribution in [1.29, 1.82) is 0 Å². The highest BCUT2D eigenvalue weighted by molar-refractivity contribution is 5.90. The van der Waals surface area contributed by atoms with Crippen molar-refractivity contribution in [3.05, 3.63) is 105 Å². The minimum absolute atomic E-state index is 0.183. The van der Waals surface area contributed by atoms with Gasteiger partial charge in [-0.15, -0.1) is 0 Å². The molecule has 34 heavy (non-hydrogen) atoms. The molecule has 1 saturated heterocycles. The Hall–Kier alpha value is -4.05. The summed E-state index contributed by atoms with van der Waals surface area (Å²) < 4.78 is 33.4. The number of nitrogens with one attached hydrogen (secondary N) is 1. The van der Waals surface area contributed by atoms with Crippen LogP contribution < -0.4 is 11.2 Å². The van der Waals surface area contributed by atoms with Gasteiger partial charge in [-0.2, -0.15) is 0 Å². The maximum absolute atomic E-state index is 16.1. The van der Waals surface area contributed by atoms with Gasteiger partial charge in [0.2, 0.25) is 0 Å². The van der Waals surface area contributed by atoms with Gasteiger partial charge in [0.1, 0.15) is 12.7 Å². The molecule has 3 unspecified atom stereocenters. The van der Waals surface area contributed by atoms with Gasteiger partial charge < -0.3 is 14.2 Å². The molecule has 4 rings (SSSR count). The zero-order chi connectivity index (χ0) is 24.3. The summed E-state index contributed by atoms with van der Waals surface area (Å²) in [6, 6.07) is 17.1. The molecule has 176 valence electrons. The quantitative estimate of drug-likeness (QED) is 0.552. The first-order valence-electron chi connectivity index (χ1n) is 10.4. The van der Waals surface area contributed by atoms with Crippen LogP contribution in [0.3, 0.4) is 0 Å². The highest BCUT2D eigenvalue weighted by atomic mass is 19.1. The van der Waals surface area contributed by atoms with Gasteiger partial charge in [0.05, 0.1) is 11.1 Å². The van der Waals surface area contributed by atoms with E-state index < -0.39 is 53.9 Å². The van der Waals surface area contributed by atoms with Crippen LogP contribution in [0.5, 0.6) is 0 Å². The van der Waals surface area contributed by atoms with Crippen LogP contribution in [0.1, 0.15) is 33.9 Å². The van der Waals surface area contributed by atoms with Crippen molar-refractivity contribution in [2.45, 2.75) is 31.0 Å². The van der Waals surface area contributed by atoms with Crippen molar-refractivity contribution in [2.75, 3.05) is 6.61 Å². The topological polar surface area (TPSA) is 117 Å². The third kappa shape index (κ3) is 4.67. The highest BCUT2D eigenvalue weighted by Crippen LogP contribution is 2.42. The van der Waals surface area contributed by atoms with Crippen LogP contribution in [0, 0.1) is 0 Å². The Morgan fingerprint density at radius 1 is 1.00 bits per heavy atom. The molecule has 1 aliphatic heterocycles. The number of aromatic nitrogens is 2. The van der Waals surface area contributed by atoms with Crippen LogP contribution in [0.4, 0.5) is 4.39 Å². The van der Waals surface area contributed by atoms with Crippen LogP contribution in [-0.4, -0.2) is 46.0 Å². The van der Waals surface area contributed by atoms with Crippen molar-refractivity contribution in [2.24, 2.45) is 0 Å². The molecule has 0 radical (unpaired) electrons. The molecule has 2 heterocycles. The lowest BCUT2D eigenvalue weighted by Crippen LogP contribution is -2.46. The number of halogens is 1. The van der Waals surface area contributed by atoms with Crippen molar-refractivity contribution in [1.82, 2.24) is 9.55 Å². The number of ether oxygens (including phenoxy) is 3. The molecule has 0 saturated carbocycles. The van der Waals surface area contributed by atoms with E-state index in [0.29, 0.717) is 0 Å². The van der Waals surface area contributed by atoms with Crippen molar-refractivity contribution >= 4 is 11.9 Å². The first-order valence-corrected chi connectivity index (χ1v) is 10.4. The first kappa shape index (κ1) is 23.1. The Labute approximate surface area is 192 Å². The largest absolute Gasteiger partial charge is 0.459 e. The lowest BCUT2D eigenvalue weighted by atomic mass is 9.98. The van der Waals surface area contributed by atoms with E-state index in [1.807, 2.05) is 4.98 Å². The van der Waals surface area contributed by atoms with E-state index in [4.69, 9.17) is 14.2 Å². The molecule has 0 amide bonds. The third-order valence-electron chi connectivity index (χ3n) is 5.42. The minimum atomic E-state index is -2.42. The van der Waals surface area contributed by atoms with E-state index in [2.05, 4.69) is 0 Å². The summed E-state index contributed by atoms with van der Waals surface area (Å²) in [6.45, 7) is 0.658. The van der Waals surface area contributed by atoms with Crippen LogP contribution in [0.25, 0.3) is 0 Å². The molecule has 10 heteroatoms. The van der Waals surface area contributed by atoms with Crippen LogP contribution in [0.2, 0.25) is 0 Å². The predicted molar refractivity (Wildman–Crippen MR) is 117 cm³/mol. The minimum Gasteiger partial charge on any atom is -0.459 e. The van der Waals surface area contributed by atoms with Gasteiger partial charge in [0.25, 0.3) is 5.56 Å². The second kappa shape index (κ2) is 9.44. The molecule has 0 bridgehead atoms. The summed E-state index contributed by atoms with van der Waals surface area (Å²) in [5, 5.41) is 0. The average molecular weight is 468 g/mol. The fourth-order valence-electron chi connectivity index (χ4n) is 3.71. The third-order valence-corrected chi connectivity index (χ3v) is 5.42. The van der Waals surface area contributed by atoms with E-state index in [9.17, 15) is 19.2 Å². The van der Waals surface area contributed by atoms with Gasteiger partial charge in [-0.1, -0.05) is 36.4 Å². The normalized spacial score (nSPS) is 23.9. The number of hydrogen-bond donors (Lipinski definition) is 1. The number of rotatable bonds is 6. The predicted octanol–water partition coefficient (Wildman–Crippen LogP) is 2.24. The number of hydrogen-bond acceptors (Lipinski definition) is 7. The number of carbonyl (C=O) groups is 2. The van der Waals surface area contributed by atoms with Gasteiger partial charge in [0, 0.05) is 12.3 Å². The number of benzene rings is 2. The van der Waals surface area contributed by atoms with Gasteiger partial charge in [-0.05, 0) is 31.2 Å². The molecule has 1 fully saturated rings. The fraction of sp³-hybridized carbons (Fsp3) is 0.250. The Morgan fingerprint density at radius 2 is 1.59 bits per heavy atom. The molecule has 2 aromatic carbocycles. The molecular formula is C24H21FN2O7. The number of carbonyl (C=O) groups excluding carboxylic acids is 2. The fourth-order valence-corrected chi connectivity index (χ4v) is 3.71. The summed E-state index contributed by atoms with van der Waals surface area (Å²) in [5.41, 5.74) is -3.54. The molecule has 0 aliphatic carbocycles. The molecule has 0 spiro atoms. The maximum Gasteiger partial charge on any atom is 0.338 e. The van der Waals surface area contributed by atoms with Gasteiger partial charge >= 0.3 is 17.6 Å². The van der Waals surface area contributed by atoms with Crippen molar-refractivity contribution < 1.29 is 28.2 Å². The SMILES string of the molecule is CC1(F)C(n2ccc(=O)[nH]c2=O)OC(COC(=O)c2ccccc2)[C@H]1OC(=O)c1ccccc1. The number of H-pyrrole nitrogens is 1. The van der Waals surface area contributed by atoms with Crippen LogP contribution in [0.15, 0.2) is 82.5 Å². The Balaban J connectivity index is 1.62. The molecule has 3 aromatic rings. The van der Waals surface area contributed by atoms with Gasteiger partial charge in [0.15, 0.2) is 18.0 Å². The zero-order valence-corrected chi connectivity index (χ0v) is 18.1. The zero-order valence-electron chi connectivity index (χ0n) is 18.1. The molecule has 1 N–H and O–H groups in total. The standard InChI is InChI=1S/C24H21FN2O7/c1-24(25)19(34-21(30)16-10-6-3-7-11-16)17(14-32-20(29)15-8-4-2-5-9-15)33-22(24)27-13-12-18(28)26-23(27)31/h2-13,17,19,22H,14H2,1H3,(H,26,28,31)/t17?,19-,22?,24?/m1/s1. The second-order valence-corrected chi connectivity index (χ2v) is 7.85. The summed E-state index contributed by atoms with van der Waals surface area (Å²) in [6.07, 6.45) is -3.25. The van der Waals surface area contributed by atoms with Crippen molar-refractivity contribution in [3.8, 4) is 0 Å². The first-order chi connectivity index (χ1) is 16.3. The van der Waals surface area contributed by atoms with Gasteiger partial charge in [-0.3, -0.25) is 14.3 Å². The summed E-state index contributed by atoms with van der Waals surface area (Å²) in [7, 11) is 0. The average Bonchev–Trinajstić information content (AvgIpc) is 3.08. The van der Waals surface area contributed by atoms with Crippen LogP contribution in [-0.2, 0) is 14.2 Å². The lowest BCUT2D eigenvalue weighted by Gasteiger charge is -2.27. The highest BCUT2D eigenvalue weighted by Gasteiger charge is 2.58. The smallest absolute Gasteiger partial charge is 0.338 e. The molecule has 9 nitrogen and oxygen atoms in total. The second-order valence-electron chi connectivity index (χ2n) is 7.85. The number of esters is 2. The van der Waals surface area contributed by atoms with Crippen molar-refractivity contribution in [3.63, 3.8) is 0 Å². The van der Waals surface area contributed by atoms with E-state index in [1.165, 1.54) is 12.1 Å². The summed E-state index contributed by atoms with van der Waals surface area (Å²) in [4.78, 5) is 50.8. The molecule has 1 aromatic heterocycles. The van der Waals surface area contributed by atoms with E-state index in [0.717, 1.165) is 23.8 Å². The van der Waals surface area contributed by atoms with E-state index in [-0.39, 0.29) is 11.1 Å². The Kier molecular flexibility index (Phi) is 6.42. The molecule has 4 atom stereocenters. The molecule has 1 aliphatic rings. The molecular weight excluding hydrogens is 447 g/mol. The number of alkyl halides is 1.